The molecule has 0 spiro atoms. The molecule has 0 saturated heterocycles. The molecule has 0 fully saturated rings. The van der Waals surface area contributed by atoms with Crippen LogP contribution in [0.25, 0.3) is 0 Å². The number of anilines is 2. The van der Waals surface area contributed by atoms with E-state index in [1.165, 1.54) is 0 Å². The fraction of sp³-hybridized carbons (Fsp3) is 0.133. The van der Waals surface area contributed by atoms with Gasteiger partial charge in [0.25, 0.3) is 0 Å². The van der Waals surface area contributed by atoms with Crippen LogP contribution in [0.15, 0.2) is 46.9 Å². The lowest BCUT2D eigenvalue weighted by Gasteiger charge is -2.09. The van der Waals surface area contributed by atoms with E-state index >= 15 is 0 Å². The Bertz CT molecular complexity index is 649. The van der Waals surface area contributed by atoms with Gasteiger partial charge in [0, 0.05) is 28.1 Å². The summed E-state index contributed by atoms with van der Waals surface area (Å²) in [5.74, 6) is -0.0706. The fourth-order valence-corrected chi connectivity index (χ4v) is 2.49. The number of nitrogens with one attached hydrogen (secondary N) is 2. The lowest BCUT2D eigenvalue weighted by Crippen LogP contribution is -2.16. The molecule has 0 aromatic heterocycles. The third-order valence-corrected chi connectivity index (χ3v) is 3.76. The Morgan fingerprint density at radius 3 is 2.71 bits per heavy atom. The predicted molar refractivity (Wildman–Crippen MR) is 92.3 cm³/mol. The van der Waals surface area contributed by atoms with Crippen LogP contribution in [0.4, 0.5) is 11.4 Å². The molecule has 6 heteroatoms. The van der Waals surface area contributed by atoms with Crippen molar-refractivity contribution in [1.29, 1.82) is 0 Å². The Labute approximate surface area is 141 Å². The summed E-state index contributed by atoms with van der Waals surface area (Å²) in [4.78, 5) is 11.8. The molecule has 0 aliphatic carbocycles. The summed E-state index contributed by atoms with van der Waals surface area (Å²) >= 11 is 15.3. The van der Waals surface area contributed by atoms with E-state index in [-0.39, 0.29) is 5.91 Å². The number of benzene rings is 2. The number of amides is 1. The van der Waals surface area contributed by atoms with Crippen molar-refractivity contribution in [2.75, 3.05) is 17.2 Å². The highest BCUT2D eigenvalue weighted by Gasteiger charge is 2.04. The van der Waals surface area contributed by atoms with Crippen LogP contribution in [-0.2, 0) is 4.79 Å². The summed E-state index contributed by atoms with van der Waals surface area (Å²) < 4.78 is 0.920. The van der Waals surface area contributed by atoms with Gasteiger partial charge in [-0.2, -0.15) is 0 Å². The van der Waals surface area contributed by atoms with E-state index in [1.54, 1.807) is 18.2 Å². The van der Waals surface area contributed by atoms with Gasteiger partial charge in [0.15, 0.2) is 0 Å². The van der Waals surface area contributed by atoms with E-state index in [1.807, 2.05) is 24.3 Å². The zero-order chi connectivity index (χ0) is 15.2. The molecule has 1 amide bonds. The van der Waals surface area contributed by atoms with Crippen molar-refractivity contribution in [1.82, 2.24) is 0 Å². The lowest BCUT2D eigenvalue weighted by atomic mass is 10.3. The average Bonchev–Trinajstić information content (AvgIpc) is 2.42. The molecule has 0 aliphatic rings. The minimum absolute atomic E-state index is 0.0706. The number of halogens is 3. The minimum Gasteiger partial charge on any atom is -0.383 e. The summed E-state index contributed by atoms with van der Waals surface area (Å²) in [6.45, 7) is 0.472. The van der Waals surface area contributed by atoms with Gasteiger partial charge in [0.05, 0.1) is 10.7 Å². The van der Waals surface area contributed by atoms with Crippen LogP contribution in [0, 0.1) is 0 Å². The van der Waals surface area contributed by atoms with Gasteiger partial charge in [-0.15, -0.1) is 0 Å². The first-order chi connectivity index (χ1) is 10.0. The van der Waals surface area contributed by atoms with Gasteiger partial charge in [-0.3, -0.25) is 4.79 Å². The highest BCUT2D eigenvalue weighted by Crippen LogP contribution is 2.25. The molecule has 2 rings (SSSR count). The molecule has 0 saturated carbocycles. The number of hydrogen-bond acceptors (Lipinski definition) is 2. The molecule has 0 radical (unpaired) electrons. The first-order valence-corrected chi connectivity index (χ1v) is 7.84. The van der Waals surface area contributed by atoms with Crippen molar-refractivity contribution in [3.8, 4) is 0 Å². The van der Waals surface area contributed by atoms with Crippen LogP contribution in [0.3, 0.4) is 0 Å². The second kappa shape index (κ2) is 7.69. The second-order valence-electron chi connectivity index (χ2n) is 4.36. The maximum atomic E-state index is 11.8. The fourth-order valence-electron chi connectivity index (χ4n) is 1.73. The Morgan fingerprint density at radius 2 is 1.95 bits per heavy atom. The van der Waals surface area contributed by atoms with Crippen LogP contribution < -0.4 is 10.6 Å². The van der Waals surface area contributed by atoms with E-state index in [2.05, 4.69) is 26.6 Å². The van der Waals surface area contributed by atoms with Crippen molar-refractivity contribution in [2.45, 2.75) is 6.42 Å². The largest absolute Gasteiger partial charge is 0.383 e. The molecule has 2 N–H and O–H groups in total. The first-order valence-electron chi connectivity index (χ1n) is 6.29. The van der Waals surface area contributed by atoms with E-state index < -0.39 is 0 Å². The van der Waals surface area contributed by atoms with Gasteiger partial charge >= 0.3 is 0 Å². The first kappa shape index (κ1) is 16.1. The number of rotatable bonds is 5. The molecule has 0 atom stereocenters. The molecule has 0 bridgehead atoms. The molecule has 2 aromatic carbocycles. The molecule has 0 unspecified atom stereocenters. The van der Waals surface area contributed by atoms with Crippen LogP contribution in [0.2, 0.25) is 10.0 Å². The number of carbonyl (C=O) groups excluding carboxylic acids is 1. The smallest absolute Gasteiger partial charge is 0.226 e. The third-order valence-electron chi connectivity index (χ3n) is 2.70. The Hall–Kier alpha value is -1.23. The molecular weight excluding hydrogens is 375 g/mol. The number of hydrogen-bond donors (Lipinski definition) is 2. The Kier molecular flexibility index (Phi) is 5.91. The average molecular weight is 388 g/mol. The van der Waals surface area contributed by atoms with Crippen molar-refractivity contribution in [3.63, 3.8) is 0 Å². The predicted octanol–water partition coefficient (Wildman–Crippen LogP) is 5.20. The summed E-state index contributed by atoms with van der Waals surface area (Å²) in [5.41, 5.74) is 1.48. The van der Waals surface area contributed by atoms with E-state index in [0.29, 0.717) is 23.0 Å². The van der Waals surface area contributed by atoms with E-state index in [0.717, 1.165) is 15.8 Å². The van der Waals surface area contributed by atoms with Crippen LogP contribution in [-0.4, -0.2) is 12.5 Å². The summed E-state index contributed by atoms with van der Waals surface area (Å²) in [6, 6.07) is 12.6. The van der Waals surface area contributed by atoms with Gasteiger partial charge in [-0.1, -0.05) is 45.2 Å². The molecule has 0 aliphatic heterocycles. The molecule has 0 heterocycles. The standard InChI is InChI=1S/C15H13BrCl2N2O/c16-10-2-1-3-12(8-10)20-15(21)6-7-19-14-9-11(17)4-5-13(14)18/h1-5,8-9,19H,6-7H2,(H,20,21). The monoisotopic (exact) mass is 386 g/mol. The van der Waals surface area contributed by atoms with Crippen LogP contribution in [0.1, 0.15) is 6.42 Å². The third kappa shape index (κ3) is 5.23. The van der Waals surface area contributed by atoms with Gasteiger partial charge in [0.1, 0.15) is 0 Å². The maximum Gasteiger partial charge on any atom is 0.226 e. The zero-order valence-corrected chi connectivity index (χ0v) is 14.1. The molecule has 21 heavy (non-hydrogen) atoms. The van der Waals surface area contributed by atoms with Crippen LogP contribution >= 0.6 is 39.1 Å². The van der Waals surface area contributed by atoms with Crippen molar-refractivity contribution in [2.24, 2.45) is 0 Å². The van der Waals surface area contributed by atoms with E-state index in [4.69, 9.17) is 23.2 Å². The van der Waals surface area contributed by atoms with Gasteiger partial charge < -0.3 is 10.6 Å². The molecular formula is C15H13BrCl2N2O. The SMILES string of the molecule is O=C(CCNc1cc(Cl)ccc1Cl)Nc1cccc(Br)c1. The Balaban J connectivity index is 1.83. The van der Waals surface area contributed by atoms with Gasteiger partial charge in [0.2, 0.25) is 5.91 Å². The summed E-state index contributed by atoms with van der Waals surface area (Å²) in [6.07, 6.45) is 0.329. The normalized spacial score (nSPS) is 10.2. The van der Waals surface area contributed by atoms with Crippen molar-refractivity contribution >= 4 is 56.4 Å². The quantitative estimate of drug-likeness (QED) is 0.740. The summed E-state index contributed by atoms with van der Waals surface area (Å²) in [5, 5.41) is 7.10. The highest BCUT2D eigenvalue weighted by atomic mass is 79.9. The molecule has 3 nitrogen and oxygen atoms in total. The summed E-state index contributed by atoms with van der Waals surface area (Å²) in [7, 11) is 0. The van der Waals surface area contributed by atoms with E-state index in [9.17, 15) is 4.79 Å². The zero-order valence-electron chi connectivity index (χ0n) is 11.0. The Morgan fingerprint density at radius 1 is 1.14 bits per heavy atom. The maximum absolute atomic E-state index is 11.8. The highest BCUT2D eigenvalue weighted by molar-refractivity contribution is 9.10. The lowest BCUT2D eigenvalue weighted by molar-refractivity contribution is -0.115. The van der Waals surface area contributed by atoms with Crippen LogP contribution in [0.5, 0.6) is 0 Å². The molecule has 2 aromatic rings. The van der Waals surface area contributed by atoms with Gasteiger partial charge in [-0.05, 0) is 36.4 Å². The minimum atomic E-state index is -0.0706. The van der Waals surface area contributed by atoms with Crippen molar-refractivity contribution < 1.29 is 4.79 Å². The number of carbonyl (C=O) groups is 1. The second-order valence-corrected chi connectivity index (χ2v) is 6.12. The van der Waals surface area contributed by atoms with Gasteiger partial charge in [-0.25, -0.2) is 0 Å². The topological polar surface area (TPSA) is 41.1 Å². The molecule has 110 valence electrons. The van der Waals surface area contributed by atoms with Crippen molar-refractivity contribution in [3.05, 3.63) is 57.0 Å².